The molecule has 3 N–H and O–H groups in total. The number of hydrogen-bond acceptors (Lipinski definition) is 3. The average Bonchev–Trinajstić information content (AvgIpc) is 1.38. The quantitative estimate of drug-likeness (QED) is 0.312. The molecule has 0 atom stereocenters. The van der Waals surface area contributed by atoms with E-state index in [1.54, 1.807) is 0 Å². The van der Waals surface area contributed by atoms with Gasteiger partial charge in [0.2, 0.25) is 0 Å². The molecule has 0 amide bonds. The maximum absolute atomic E-state index is 9.02. The standard InChI is InChI=1S/CH3NO3.K.H/c2-5-1(3)4;;/h2H2,(H,3,4);;. The van der Waals surface area contributed by atoms with Crippen molar-refractivity contribution in [3.05, 3.63) is 0 Å². The summed E-state index contributed by atoms with van der Waals surface area (Å²) in [6.45, 7) is 0. The first kappa shape index (κ1) is 9.98. The van der Waals surface area contributed by atoms with Gasteiger partial charge in [-0.1, -0.05) is 0 Å². The molecule has 0 aliphatic rings. The molecule has 0 aliphatic heterocycles. The summed E-state index contributed by atoms with van der Waals surface area (Å²) in [5.41, 5.74) is 0. The molecule has 0 unspecified atom stereocenters. The van der Waals surface area contributed by atoms with Crippen LogP contribution in [0.25, 0.3) is 0 Å². The van der Waals surface area contributed by atoms with Crippen molar-refractivity contribution in [1.82, 2.24) is 0 Å². The third-order valence-corrected chi connectivity index (χ3v) is 0.101. The van der Waals surface area contributed by atoms with Gasteiger partial charge in [-0.2, -0.15) is 5.90 Å². The number of carboxylic acid groups (broad SMARTS) is 1. The van der Waals surface area contributed by atoms with Gasteiger partial charge >= 0.3 is 57.5 Å². The number of carbonyl (C=O) groups is 1. The van der Waals surface area contributed by atoms with Crippen molar-refractivity contribution in [3.8, 4) is 0 Å². The molecule has 0 rings (SSSR count). The summed E-state index contributed by atoms with van der Waals surface area (Å²) in [6.07, 6.45) is -1.47. The van der Waals surface area contributed by atoms with Gasteiger partial charge in [-0.15, -0.1) is 0 Å². The van der Waals surface area contributed by atoms with Crippen LogP contribution in [-0.4, -0.2) is 62.6 Å². The third kappa shape index (κ3) is 8.85. The van der Waals surface area contributed by atoms with E-state index >= 15 is 0 Å². The van der Waals surface area contributed by atoms with Gasteiger partial charge < -0.3 is 9.94 Å². The van der Waals surface area contributed by atoms with Gasteiger partial charge in [0.1, 0.15) is 0 Å². The minimum absolute atomic E-state index is 0. The van der Waals surface area contributed by atoms with E-state index in [1.165, 1.54) is 0 Å². The van der Waals surface area contributed by atoms with Crippen LogP contribution in [0.1, 0.15) is 0 Å². The van der Waals surface area contributed by atoms with Crippen LogP contribution >= 0.6 is 0 Å². The Hall–Kier alpha value is 0.866. The topological polar surface area (TPSA) is 72.5 Å². The van der Waals surface area contributed by atoms with E-state index in [-0.39, 0.29) is 51.4 Å². The molecule has 0 aromatic heterocycles. The van der Waals surface area contributed by atoms with E-state index in [2.05, 4.69) is 10.7 Å². The number of rotatable bonds is 0. The summed E-state index contributed by atoms with van der Waals surface area (Å²) in [7, 11) is 0. The molecular weight excluding hydrogens is 113 g/mol. The fourth-order valence-corrected chi connectivity index (χ4v) is 0. The van der Waals surface area contributed by atoms with Crippen LogP contribution in [0.4, 0.5) is 4.79 Å². The second-order valence-electron chi connectivity index (χ2n) is 0.384. The van der Waals surface area contributed by atoms with Gasteiger partial charge in [-0.3, -0.25) is 0 Å². The van der Waals surface area contributed by atoms with Crippen LogP contribution < -0.4 is 5.90 Å². The molecule has 0 radical (unpaired) electrons. The summed E-state index contributed by atoms with van der Waals surface area (Å²) in [5, 5.41) is 7.38. The predicted molar refractivity (Wildman–Crippen MR) is 20.4 cm³/mol. The van der Waals surface area contributed by atoms with E-state index in [0.29, 0.717) is 0 Å². The molecule has 6 heavy (non-hydrogen) atoms. The molecule has 0 aromatic carbocycles. The Morgan fingerprint density at radius 3 is 2.00 bits per heavy atom. The molecule has 0 aromatic rings. The van der Waals surface area contributed by atoms with Crippen LogP contribution in [0.2, 0.25) is 0 Å². The zero-order chi connectivity index (χ0) is 4.28. The zero-order valence-electron chi connectivity index (χ0n) is 2.34. The van der Waals surface area contributed by atoms with Crippen molar-refractivity contribution >= 4 is 57.5 Å². The van der Waals surface area contributed by atoms with E-state index in [9.17, 15) is 0 Å². The molecular formula is CH4KNO3. The van der Waals surface area contributed by atoms with Gasteiger partial charge in [-0.05, 0) is 0 Å². The summed E-state index contributed by atoms with van der Waals surface area (Å²) in [4.78, 5) is 12.2. The van der Waals surface area contributed by atoms with Gasteiger partial charge in [-0.25, -0.2) is 4.79 Å². The molecule has 0 aliphatic carbocycles. The molecule has 4 nitrogen and oxygen atoms in total. The van der Waals surface area contributed by atoms with Crippen LogP contribution in [0.15, 0.2) is 0 Å². The van der Waals surface area contributed by atoms with E-state index in [4.69, 9.17) is 9.90 Å². The van der Waals surface area contributed by atoms with Gasteiger partial charge in [0, 0.05) is 0 Å². The average molecular weight is 117 g/mol. The fourth-order valence-electron chi connectivity index (χ4n) is 0. The molecule has 0 saturated carbocycles. The maximum atomic E-state index is 9.02. The van der Waals surface area contributed by atoms with Crippen molar-refractivity contribution in [1.29, 1.82) is 0 Å². The Bertz CT molecular complexity index is 46.1. The van der Waals surface area contributed by atoms with Crippen LogP contribution in [-0.2, 0) is 4.84 Å². The Morgan fingerprint density at radius 2 is 2.00 bits per heavy atom. The number of hydrogen-bond donors (Lipinski definition) is 2. The minimum atomic E-state index is -1.47. The first-order valence-corrected chi connectivity index (χ1v) is 0.868. The van der Waals surface area contributed by atoms with Crippen LogP contribution in [0.3, 0.4) is 0 Å². The van der Waals surface area contributed by atoms with Crippen LogP contribution in [0, 0.1) is 0 Å². The predicted octanol–water partition coefficient (Wildman–Crippen LogP) is -1.09. The van der Waals surface area contributed by atoms with Crippen molar-refractivity contribution in [3.63, 3.8) is 0 Å². The van der Waals surface area contributed by atoms with Gasteiger partial charge in [0.15, 0.2) is 0 Å². The Morgan fingerprint density at radius 1 is 1.83 bits per heavy atom. The first-order valence-electron chi connectivity index (χ1n) is 0.868. The summed E-state index contributed by atoms with van der Waals surface area (Å²) in [5.74, 6) is 4.07. The fraction of sp³-hybridized carbons (Fsp3) is 0. The molecule has 0 saturated heterocycles. The molecule has 32 valence electrons. The summed E-state index contributed by atoms with van der Waals surface area (Å²) in [6, 6.07) is 0. The SMILES string of the molecule is NOC(=O)O.[KH]. The molecule has 0 heterocycles. The van der Waals surface area contributed by atoms with E-state index < -0.39 is 6.16 Å². The normalized spacial score (nSPS) is 5.50. The molecule has 0 bridgehead atoms. The van der Waals surface area contributed by atoms with Crippen molar-refractivity contribution in [2.75, 3.05) is 0 Å². The number of nitrogens with two attached hydrogens (primary N) is 1. The van der Waals surface area contributed by atoms with E-state index in [1.807, 2.05) is 0 Å². The first-order chi connectivity index (χ1) is 2.27. The Balaban J connectivity index is 0. The van der Waals surface area contributed by atoms with Gasteiger partial charge in [0.05, 0.1) is 0 Å². The second-order valence-corrected chi connectivity index (χ2v) is 0.384. The molecule has 0 spiro atoms. The van der Waals surface area contributed by atoms with Crippen molar-refractivity contribution in [2.24, 2.45) is 5.90 Å². The van der Waals surface area contributed by atoms with Crippen LogP contribution in [0.5, 0.6) is 0 Å². The summed E-state index contributed by atoms with van der Waals surface area (Å²) >= 11 is 0. The Kier molecular flexibility index (Phi) is 9.76. The van der Waals surface area contributed by atoms with Gasteiger partial charge in [0.25, 0.3) is 0 Å². The second kappa shape index (κ2) is 5.87. The van der Waals surface area contributed by atoms with Crippen molar-refractivity contribution in [2.45, 2.75) is 0 Å². The van der Waals surface area contributed by atoms with E-state index in [0.717, 1.165) is 0 Å². The zero-order valence-corrected chi connectivity index (χ0v) is 2.34. The third-order valence-electron chi connectivity index (χ3n) is 0.101. The monoisotopic (exact) mass is 117 g/mol. The molecule has 0 fully saturated rings. The summed E-state index contributed by atoms with van der Waals surface area (Å²) < 4.78 is 0. The Labute approximate surface area is 77.0 Å². The van der Waals surface area contributed by atoms with Crippen molar-refractivity contribution < 1.29 is 14.7 Å². The molecule has 5 heteroatoms.